The Bertz CT molecular complexity index is 3070. The Morgan fingerprint density at radius 2 is 0.763 bits per heavy atom. The highest BCUT2D eigenvalue weighted by Crippen LogP contribution is 2.63. The monoisotopic (exact) mass is 772 g/mol. The van der Waals surface area contributed by atoms with Gasteiger partial charge >= 0.3 is 0 Å². The Labute approximate surface area is 347 Å². The van der Waals surface area contributed by atoms with Gasteiger partial charge in [0.2, 0.25) is 0 Å². The van der Waals surface area contributed by atoms with Crippen molar-refractivity contribution in [2.75, 3.05) is 9.80 Å². The van der Waals surface area contributed by atoms with Crippen molar-refractivity contribution in [3.8, 4) is 11.1 Å². The molecular weight excluding hydrogens is 737 g/mol. The van der Waals surface area contributed by atoms with Crippen molar-refractivity contribution in [3.63, 3.8) is 0 Å². The van der Waals surface area contributed by atoms with E-state index in [0.717, 1.165) is 56.1 Å². The molecule has 2 aliphatic rings. The molecule has 278 valence electrons. The second kappa shape index (κ2) is 13.4. The lowest BCUT2D eigenvalue weighted by atomic mass is 9.67. The Hall–Kier alpha value is -7.27. The summed E-state index contributed by atoms with van der Waals surface area (Å²) >= 11 is 1.85. The van der Waals surface area contributed by atoms with Gasteiger partial charge in [-0.1, -0.05) is 133 Å². The van der Waals surface area contributed by atoms with Crippen LogP contribution < -0.4 is 9.80 Å². The number of hydrogen-bond acceptors (Lipinski definition) is 4. The summed E-state index contributed by atoms with van der Waals surface area (Å²) in [6.07, 6.45) is 0. The normalized spacial score (nSPS) is 13.2. The zero-order valence-electron chi connectivity index (χ0n) is 32.0. The molecule has 12 rings (SSSR count). The third-order valence-electron chi connectivity index (χ3n) is 12.1. The first kappa shape index (κ1) is 33.8. The highest BCUT2D eigenvalue weighted by molar-refractivity contribution is 7.99. The van der Waals surface area contributed by atoms with Crippen LogP contribution in [-0.2, 0) is 5.41 Å². The van der Waals surface area contributed by atoms with E-state index in [4.69, 9.17) is 4.42 Å². The van der Waals surface area contributed by atoms with Crippen molar-refractivity contribution in [2.24, 2.45) is 0 Å². The molecule has 0 bridgehead atoms. The lowest BCUT2D eigenvalue weighted by Crippen LogP contribution is -2.32. The number of rotatable bonds is 6. The number of hydrogen-bond donors (Lipinski definition) is 0. The van der Waals surface area contributed by atoms with Gasteiger partial charge < -0.3 is 14.2 Å². The smallest absolute Gasteiger partial charge is 0.136 e. The highest BCUT2D eigenvalue weighted by Gasteiger charge is 2.50. The number of benzene rings is 9. The van der Waals surface area contributed by atoms with E-state index < -0.39 is 5.41 Å². The maximum Gasteiger partial charge on any atom is 0.136 e. The maximum absolute atomic E-state index is 6.75. The van der Waals surface area contributed by atoms with E-state index in [-0.39, 0.29) is 0 Å². The summed E-state index contributed by atoms with van der Waals surface area (Å²) in [5.74, 6) is 0. The second-order valence-corrected chi connectivity index (χ2v) is 16.3. The Morgan fingerprint density at radius 3 is 1.31 bits per heavy atom. The third kappa shape index (κ3) is 5.16. The van der Waals surface area contributed by atoms with E-state index in [1.807, 2.05) is 11.8 Å². The van der Waals surface area contributed by atoms with Crippen LogP contribution in [0.1, 0.15) is 22.3 Å². The first-order valence-corrected chi connectivity index (χ1v) is 20.9. The zero-order valence-corrected chi connectivity index (χ0v) is 32.8. The van der Waals surface area contributed by atoms with Crippen LogP contribution in [0.2, 0.25) is 0 Å². The van der Waals surface area contributed by atoms with Gasteiger partial charge in [-0.05, 0) is 130 Å². The van der Waals surface area contributed by atoms with Gasteiger partial charge in [-0.25, -0.2) is 0 Å². The number of para-hydroxylation sites is 4. The molecule has 4 heteroatoms. The molecule has 3 nitrogen and oxygen atoms in total. The van der Waals surface area contributed by atoms with E-state index in [1.165, 1.54) is 43.2 Å². The SMILES string of the molecule is c1ccc(N(c2ccccc2)c2ccc3c(c2)C2(c4cc5c(cc4S3)oc3ccc(N(c4ccccc4)c4ccccc4)cc35)c3ccccc3-c3ccccc32)cc1. The van der Waals surface area contributed by atoms with Gasteiger partial charge in [-0.15, -0.1) is 0 Å². The molecule has 0 unspecified atom stereocenters. The van der Waals surface area contributed by atoms with Gasteiger partial charge in [0.1, 0.15) is 11.2 Å². The van der Waals surface area contributed by atoms with Crippen LogP contribution in [0, 0.1) is 0 Å². The number of nitrogens with zero attached hydrogens (tertiary/aromatic N) is 2. The number of furan rings is 1. The van der Waals surface area contributed by atoms with Crippen LogP contribution in [0.15, 0.2) is 233 Å². The van der Waals surface area contributed by atoms with E-state index in [1.54, 1.807) is 0 Å². The van der Waals surface area contributed by atoms with E-state index in [9.17, 15) is 0 Å². The average Bonchev–Trinajstić information content (AvgIpc) is 3.80. The van der Waals surface area contributed by atoms with Crippen molar-refractivity contribution in [1.82, 2.24) is 0 Å². The minimum Gasteiger partial charge on any atom is -0.456 e. The summed E-state index contributed by atoms with van der Waals surface area (Å²) in [6.45, 7) is 0. The Kier molecular flexibility index (Phi) is 7.69. The molecule has 59 heavy (non-hydrogen) atoms. The largest absolute Gasteiger partial charge is 0.456 e. The fourth-order valence-electron chi connectivity index (χ4n) is 9.63. The van der Waals surface area contributed by atoms with Crippen LogP contribution >= 0.6 is 11.8 Å². The van der Waals surface area contributed by atoms with Crippen molar-refractivity contribution in [3.05, 3.63) is 241 Å². The Morgan fingerprint density at radius 1 is 0.322 bits per heavy atom. The van der Waals surface area contributed by atoms with Crippen LogP contribution in [0.5, 0.6) is 0 Å². The standard InChI is InChI=1S/C55H36N2OS/c1-5-17-37(18-6-1)56(38-19-7-2-8-20-38)41-29-31-51-45(33-41)46-35-50-54(36-52(46)58-51)59-53-32-30-42(57(39-21-9-3-10-22-39)40-23-11-4-12-24-40)34-49(53)55(50)47-27-15-13-25-43(47)44-26-14-16-28-48(44)55/h1-36H. The molecule has 0 N–H and O–H groups in total. The molecule has 9 aromatic carbocycles. The number of fused-ring (bicyclic) bond motifs is 12. The summed E-state index contributed by atoms with van der Waals surface area (Å²) in [5.41, 5.74) is 15.6. The average molecular weight is 773 g/mol. The van der Waals surface area contributed by atoms with Crippen LogP contribution in [-0.4, -0.2) is 0 Å². The van der Waals surface area contributed by atoms with Gasteiger partial charge in [-0.2, -0.15) is 0 Å². The quantitative estimate of drug-likeness (QED) is 0.168. The van der Waals surface area contributed by atoms with Gasteiger partial charge in [-0.3, -0.25) is 0 Å². The summed E-state index contributed by atoms with van der Waals surface area (Å²) in [5, 5.41) is 2.20. The molecule has 1 spiro atoms. The lowest BCUT2D eigenvalue weighted by Gasteiger charge is -2.40. The molecule has 2 heterocycles. The molecule has 1 aliphatic heterocycles. The molecule has 1 aliphatic carbocycles. The molecule has 0 saturated heterocycles. The van der Waals surface area contributed by atoms with E-state index in [2.05, 4.69) is 228 Å². The molecule has 0 saturated carbocycles. The summed E-state index contributed by atoms with van der Waals surface area (Å²) in [6, 6.07) is 79.1. The molecule has 0 radical (unpaired) electrons. The topological polar surface area (TPSA) is 19.6 Å². The molecule has 0 amide bonds. The first-order chi connectivity index (χ1) is 29.3. The summed E-state index contributed by atoms with van der Waals surface area (Å²) in [4.78, 5) is 7.15. The fraction of sp³-hybridized carbons (Fsp3) is 0.0182. The number of anilines is 6. The molecule has 10 aromatic rings. The predicted molar refractivity (Wildman–Crippen MR) is 245 cm³/mol. The lowest BCUT2D eigenvalue weighted by molar-refractivity contribution is 0.664. The van der Waals surface area contributed by atoms with Crippen LogP contribution in [0.3, 0.4) is 0 Å². The highest BCUT2D eigenvalue weighted by atomic mass is 32.2. The van der Waals surface area contributed by atoms with Crippen LogP contribution in [0.25, 0.3) is 33.1 Å². The van der Waals surface area contributed by atoms with Gasteiger partial charge in [0, 0.05) is 54.7 Å². The molecular formula is C55H36N2OS. The minimum atomic E-state index is -0.576. The molecule has 1 aromatic heterocycles. The minimum absolute atomic E-state index is 0.576. The predicted octanol–water partition coefficient (Wildman–Crippen LogP) is 15.4. The zero-order chi connectivity index (χ0) is 38.9. The van der Waals surface area contributed by atoms with E-state index in [0.29, 0.717) is 0 Å². The van der Waals surface area contributed by atoms with Crippen molar-refractivity contribution in [1.29, 1.82) is 0 Å². The van der Waals surface area contributed by atoms with E-state index >= 15 is 0 Å². The fourth-order valence-corrected chi connectivity index (χ4v) is 10.8. The summed E-state index contributed by atoms with van der Waals surface area (Å²) < 4.78 is 6.75. The maximum atomic E-state index is 6.75. The van der Waals surface area contributed by atoms with Crippen molar-refractivity contribution in [2.45, 2.75) is 15.2 Å². The van der Waals surface area contributed by atoms with Crippen molar-refractivity contribution < 1.29 is 4.42 Å². The van der Waals surface area contributed by atoms with Gasteiger partial charge in [0.15, 0.2) is 0 Å². The molecule has 0 atom stereocenters. The Balaban J connectivity index is 1.12. The molecule has 0 fully saturated rings. The van der Waals surface area contributed by atoms with Crippen LogP contribution in [0.4, 0.5) is 34.1 Å². The second-order valence-electron chi connectivity index (χ2n) is 15.3. The first-order valence-electron chi connectivity index (χ1n) is 20.1. The van der Waals surface area contributed by atoms with Gasteiger partial charge in [0.05, 0.1) is 5.41 Å². The van der Waals surface area contributed by atoms with Gasteiger partial charge in [0.25, 0.3) is 0 Å². The third-order valence-corrected chi connectivity index (χ3v) is 13.2. The van der Waals surface area contributed by atoms with Crippen molar-refractivity contribution >= 4 is 67.8 Å². The summed E-state index contributed by atoms with van der Waals surface area (Å²) in [7, 11) is 0.